The van der Waals surface area contributed by atoms with E-state index in [1.165, 1.54) is 0 Å². The number of nitrogens with one attached hydrogen (secondary N) is 1. The summed E-state index contributed by atoms with van der Waals surface area (Å²) >= 11 is 0. The molecule has 0 spiro atoms. The predicted molar refractivity (Wildman–Crippen MR) is 68.7 cm³/mol. The summed E-state index contributed by atoms with van der Waals surface area (Å²) in [5.74, 6) is 0.872. The second-order valence-electron chi connectivity index (χ2n) is 4.96. The average Bonchev–Trinajstić information content (AvgIpc) is 2.41. The van der Waals surface area contributed by atoms with Crippen LogP contribution >= 0.6 is 0 Å². The van der Waals surface area contributed by atoms with E-state index in [9.17, 15) is 4.79 Å². The van der Waals surface area contributed by atoms with Gasteiger partial charge >= 0.3 is 0 Å². The number of para-hydroxylation sites is 1. The molecule has 1 aliphatic rings. The number of anilines is 2. The van der Waals surface area contributed by atoms with Crippen molar-refractivity contribution in [1.82, 2.24) is 0 Å². The van der Waals surface area contributed by atoms with Crippen molar-refractivity contribution in [3.05, 3.63) is 18.2 Å². The standard InChI is InChI=1S/C13H18N2O2/c1-13(2)8-14-11-9(15(3)12(13)16)6-5-7-10(11)17-4/h5-7,14H,8H2,1-4H3. The number of fused-ring (bicyclic) bond motifs is 1. The van der Waals surface area contributed by atoms with Gasteiger partial charge < -0.3 is 15.0 Å². The van der Waals surface area contributed by atoms with Crippen molar-refractivity contribution >= 4 is 17.3 Å². The van der Waals surface area contributed by atoms with Crippen molar-refractivity contribution in [2.45, 2.75) is 13.8 Å². The molecule has 0 atom stereocenters. The van der Waals surface area contributed by atoms with Crippen LogP contribution in [0.5, 0.6) is 5.75 Å². The third-order valence-electron chi connectivity index (χ3n) is 3.18. The van der Waals surface area contributed by atoms with Gasteiger partial charge in [-0.3, -0.25) is 4.79 Å². The van der Waals surface area contributed by atoms with E-state index in [4.69, 9.17) is 4.74 Å². The van der Waals surface area contributed by atoms with E-state index in [1.807, 2.05) is 32.0 Å². The summed E-state index contributed by atoms with van der Waals surface area (Å²) in [6.45, 7) is 4.48. The van der Waals surface area contributed by atoms with Crippen LogP contribution in [0.15, 0.2) is 18.2 Å². The molecule has 1 heterocycles. The lowest BCUT2D eigenvalue weighted by Gasteiger charge is -2.25. The number of nitrogens with zero attached hydrogens (tertiary/aromatic N) is 1. The number of hydrogen-bond donors (Lipinski definition) is 1. The van der Waals surface area contributed by atoms with Gasteiger partial charge in [0.15, 0.2) is 0 Å². The number of rotatable bonds is 1. The summed E-state index contributed by atoms with van der Waals surface area (Å²) in [6, 6.07) is 5.70. The number of hydrogen-bond acceptors (Lipinski definition) is 3. The molecule has 4 heteroatoms. The van der Waals surface area contributed by atoms with Gasteiger partial charge in [0.2, 0.25) is 5.91 Å². The summed E-state index contributed by atoms with van der Waals surface area (Å²) in [6.07, 6.45) is 0. The van der Waals surface area contributed by atoms with E-state index >= 15 is 0 Å². The van der Waals surface area contributed by atoms with Crippen molar-refractivity contribution in [1.29, 1.82) is 0 Å². The first-order valence-corrected chi connectivity index (χ1v) is 5.66. The van der Waals surface area contributed by atoms with E-state index < -0.39 is 5.41 Å². The van der Waals surface area contributed by atoms with Gasteiger partial charge in [0.05, 0.1) is 18.2 Å². The van der Waals surface area contributed by atoms with Gasteiger partial charge in [0.25, 0.3) is 0 Å². The molecule has 4 nitrogen and oxygen atoms in total. The molecule has 0 saturated heterocycles. The Morgan fingerprint density at radius 3 is 2.76 bits per heavy atom. The third kappa shape index (κ3) is 1.84. The molecule has 0 radical (unpaired) electrons. The lowest BCUT2D eigenvalue weighted by molar-refractivity contribution is -0.125. The minimum atomic E-state index is -0.418. The number of carbonyl (C=O) groups is 1. The molecule has 1 N–H and O–H groups in total. The van der Waals surface area contributed by atoms with Crippen LogP contribution in [-0.2, 0) is 4.79 Å². The van der Waals surface area contributed by atoms with E-state index in [2.05, 4.69) is 5.32 Å². The molecule has 0 saturated carbocycles. The Hall–Kier alpha value is -1.71. The summed E-state index contributed by atoms with van der Waals surface area (Å²) in [4.78, 5) is 14.0. The minimum absolute atomic E-state index is 0.108. The van der Waals surface area contributed by atoms with Gasteiger partial charge in [0, 0.05) is 13.6 Å². The summed E-state index contributed by atoms with van der Waals surface area (Å²) in [7, 11) is 3.44. The first-order valence-electron chi connectivity index (χ1n) is 5.66. The highest BCUT2D eigenvalue weighted by atomic mass is 16.5. The molecular formula is C13H18N2O2. The van der Waals surface area contributed by atoms with Crippen LogP contribution in [0.1, 0.15) is 13.8 Å². The van der Waals surface area contributed by atoms with Crippen molar-refractivity contribution in [3.8, 4) is 5.75 Å². The van der Waals surface area contributed by atoms with Crippen LogP contribution in [-0.4, -0.2) is 26.6 Å². The van der Waals surface area contributed by atoms with Crippen molar-refractivity contribution in [3.63, 3.8) is 0 Å². The van der Waals surface area contributed by atoms with E-state index in [1.54, 1.807) is 19.1 Å². The normalized spacial score (nSPS) is 18.1. The number of carbonyl (C=O) groups excluding carboxylic acids is 1. The summed E-state index contributed by atoms with van der Waals surface area (Å²) < 4.78 is 5.32. The molecule has 0 aromatic heterocycles. The topological polar surface area (TPSA) is 41.6 Å². The van der Waals surface area contributed by atoms with Crippen molar-refractivity contribution in [2.75, 3.05) is 30.9 Å². The maximum absolute atomic E-state index is 12.3. The Balaban J connectivity index is 2.54. The largest absolute Gasteiger partial charge is 0.495 e. The molecule has 1 aliphatic heterocycles. The summed E-state index contributed by atoms with van der Waals surface area (Å²) in [5.41, 5.74) is 1.33. The number of ether oxygens (including phenoxy) is 1. The molecule has 1 aromatic rings. The maximum Gasteiger partial charge on any atom is 0.234 e. The van der Waals surface area contributed by atoms with E-state index in [0.29, 0.717) is 6.54 Å². The highest BCUT2D eigenvalue weighted by molar-refractivity contribution is 6.02. The SMILES string of the molecule is COc1cccc2c1NCC(C)(C)C(=O)N2C. The van der Waals surface area contributed by atoms with Gasteiger partial charge in [-0.1, -0.05) is 6.07 Å². The fraction of sp³-hybridized carbons (Fsp3) is 0.462. The molecular weight excluding hydrogens is 216 g/mol. The zero-order valence-electron chi connectivity index (χ0n) is 10.7. The molecule has 0 fully saturated rings. The first kappa shape index (κ1) is 11.8. The average molecular weight is 234 g/mol. The van der Waals surface area contributed by atoms with Crippen LogP contribution in [0.4, 0.5) is 11.4 Å². The first-order chi connectivity index (χ1) is 7.97. The second-order valence-corrected chi connectivity index (χ2v) is 4.96. The van der Waals surface area contributed by atoms with Gasteiger partial charge in [-0.15, -0.1) is 0 Å². The molecule has 0 aliphatic carbocycles. The zero-order chi connectivity index (χ0) is 12.6. The maximum atomic E-state index is 12.3. The van der Waals surface area contributed by atoms with Crippen LogP contribution in [0.2, 0.25) is 0 Å². The Morgan fingerprint density at radius 1 is 1.41 bits per heavy atom. The number of benzene rings is 1. The second kappa shape index (κ2) is 3.95. The lowest BCUT2D eigenvalue weighted by atomic mass is 9.92. The fourth-order valence-electron chi connectivity index (χ4n) is 2.10. The van der Waals surface area contributed by atoms with Crippen LogP contribution < -0.4 is 15.0 Å². The molecule has 1 amide bonds. The quantitative estimate of drug-likeness (QED) is 0.809. The van der Waals surface area contributed by atoms with E-state index in [0.717, 1.165) is 17.1 Å². The van der Waals surface area contributed by atoms with Gasteiger partial charge in [-0.2, -0.15) is 0 Å². The molecule has 0 unspecified atom stereocenters. The van der Waals surface area contributed by atoms with Gasteiger partial charge in [0.1, 0.15) is 11.4 Å². The van der Waals surface area contributed by atoms with Crippen molar-refractivity contribution in [2.24, 2.45) is 5.41 Å². The predicted octanol–water partition coefficient (Wildman–Crippen LogP) is 2.11. The fourth-order valence-corrected chi connectivity index (χ4v) is 2.10. The van der Waals surface area contributed by atoms with Crippen molar-refractivity contribution < 1.29 is 9.53 Å². The Bertz CT molecular complexity index is 455. The van der Waals surface area contributed by atoms with Crippen LogP contribution in [0.25, 0.3) is 0 Å². The lowest BCUT2D eigenvalue weighted by Crippen LogP contribution is -2.40. The molecule has 1 aromatic carbocycles. The highest BCUT2D eigenvalue weighted by Crippen LogP contribution is 2.39. The van der Waals surface area contributed by atoms with Gasteiger partial charge in [-0.25, -0.2) is 0 Å². The Labute approximate surface area is 102 Å². The molecule has 0 bridgehead atoms. The molecule has 2 rings (SSSR count). The number of methoxy groups -OCH3 is 1. The smallest absolute Gasteiger partial charge is 0.234 e. The van der Waals surface area contributed by atoms with Crippen LogP contribution in [0.3, 0.4) is 0 Å². The van der Waals surface area contributed by atoms with E-state index in [-0.39, 0.29) is 5.91 Å². The monoisotopic (exact) mass is 234 g/mol. The Kier molecular flexibility index (Phi) is 2.73. The zero-order valence-corrected chi connectivity index (χ0v) is 10.7. The van der Waals surface area contributed by atoms with Crippen LogP contribution in [0, 0.1) is 5.41 Å². The molecule has 17 heavy (non-hydrogen) atoms. The minimum Gasteiger partial charge on any atom is -0.495 e. The Morgan fingerprint density at radius 2 is 2.12 bits per heavy atom. The number of amides is 1. The summed E-state index contributed by atoms with van der Waals surface area (Å²) in [5, 5.41) is 3.31. The highest BCUT2D eigenvalue weighted by Gasteiger charge is 2.35. The molecule has 92 valence electrons. The van der Waals surface area contributed by atoms with Gasteiger partial charge in [-0.05, 0) is 26.0 Å². The third-order valence-corrected chi connectivity index (χ3v) is 3.18.